The van der Waals surface area contributed by atoms with Crippen LogP contribution in [0.15, 0.2) is 52.2 Å². The molecule has 3 rings (SSSR count). The molecule has 1 aromatic rings. The van der Waals surface area contributed by atoms with Crippen LogP contribution in [-0.4, -0.2) is 47.0 Å². The van der Waals surface area contributed by atoms with E-state index in [-0.39, 0.29) is 5.91 Å². The van der Waals surface area contributed by atoms with Gasteiger partial charge in [-0.25, -0.2) is 9.98 Å². The van der Waals surface area contributed by atoms with E-state index in [1.807, 2.05) is 37.8 Å². The van der Waals surface area contributed by atoms with Gasteiger partial charge in [0, 0.05) is 44.0 Å². The minimum Gasteiger partial charge on any atom is -0.390 e. The zero-order valence-corrected chi connectivity index (χ0v) is 19.6. The average Bonchev–Trinajstić information content (AvgIpc) is 2.85. The lowest BCUT2D eigenvalue weighted by Gasteiger charge is -2.37. The quantitative estimate of drug-likeness (QED) is 0.565. The van der Waals surface area contributed by atoms with Crippen molar-refractivity contribution in [3.63, 3.8) is 0 Å². The summed E-state index contributed by atoms with van der Waals surface area (Å²) in [5.41, 5.74) is 9.02. The lowest BCUT2D eigenvalue weighted by atomic mass is 10.0. The fourth-order valence-electron chi connectivity index (χ4n) is 3.85. The van der Waals surface area contributed by atoms with Crippen molar-refractivity contribution in [1.82, 2.24) is 9.80 Å². The number of rotatable bonds is 4. The molecule has 2 aliphatic heterocycles. The van der Waals surface area contributed by atoms with Crippen LogP contribution in [0.25, 0.3) is 0 Å². The van der Waals surface area contributed by atoms with Gasteiger partial charge in [0.1, 0.15) is 0 Å². The predicted octanol–water partition coefficient (Wildman–Crippen LogP) is 4.28. The summed E-state index contributed by atoms with van der Waals surface area (Å²) in [6.07, 6.45) is 10.9. The van der Waals surface area contributed by atoms with Crippen LogP contribution < -0.4 is 5.73 Å². The monoisotopic (exact) mass is 434 g/mol. The Labute approximate surface area is 191 Å². The van der Waals surface area contributed by atoms with Gasteiger partial charge in [-0.2, -0.15) is 5.26 Å². The van der Waals surface area contributed by atoms with Gasteiger partial charge in [0.2, 0.25) is 5.91 Å². The molecule has 1 saturated heterocycles. The molecule has 0 saturated carbocycles. The second-order valence-electron chi connectivity index (χ2n) is 7.45. The summed E-state index contributed by atoms with van der Waals surface area (Å²) < 4.78 is 0. The minimum absolute atomic E-state index is 0.139. The number of piperidine rings is 1. The number of carbonyl (C=O) groups is 1. The number of likely N-dealkylation sites (tertiary alicyclic amines) is 1. The smallest absolute Gasteiger partial charge is 0.219 e. The standard InChI is InChI=1S/C23H28N6O.C2H6/c1-3-19-13-18(14-24)6-7-22(19)27-23(26-16-25)20-5-4-10-29(15-20)21-8-11-28(12-9-21)17(2)30;1-2/h4,6-7,10,13,15-16,21H,3,5,8-9,11-12H2,1-2H3,(H2,25,26,27);1-2H3. The maximum Gasteiger partial charge on any atom is 0.219 e. The van der Waals surface area contributed by atoms with Gasteiger partial charge in [-0.3, -0.25) is 4.79 Å². The van der Waals surface area contributed by atoms with Crippen LogP contribution in [0.3, 0.4) is 0 Å². The molecule has 0 unspecified atom stereocenters. The van der Waals surface area contributed by atoms with E-state index in [2.05, 4.69) is 34.4 Å². The maximum absolute atomic E-state index is 11.6. The summed E-state index contributed by atoms with van der Waals surface area (Å²) >= 11 is 0. The highest BCUT2D eigenvalue weighted by molar-refractivity contribution is 6.04. The van der Waals surface area contributed by atoms with Crippen molar-refractivity contribution < 1.29 is 4.79 Å². The predicted molar refractivity (Wildman–Crippen MR) is 131 cm³/mol. The molecule has 0 radical (unpaired) electrons. The molecular weight excluding hydrogens is 400 g/mol. The van der Waals surface area contributed by atoms with Crippen LogP contribution in [0.4, 0.5) is 5.69 Å². The third kappa shape index (κ3) is 6.30. The van der Waals surface area contributed by atoms with Crippen LogP contribution in [0.1, 0.15) is 58.1 Å². The van der Waals surface area contributed by atoms with Gasteiger partial charge in [-0.15, -0.1) is 0 Å². The van der Waals surface area contributed by atoms with Crippen molar-refractivity contribution >= 4 is 23.8 Å². The van der Waals surface area contributed by atoms with E-state index in [0.29, 0.717) is 17.4 Å². The Morgan fingerprint density at radius 3 is 2.62 bits per heavy atom. The number of hydrogen-bond acceptors (Lipinski definition) is 4. The van der Waals surface area contributed by atoms with Gasteiger partial charge in [0.05, 0.1) is 23.7 Å². The number of hydrogen-bond donors (Lipinski definition) is 1. The molecule has 1 amide bonds. The minimum atomic E-state index is 0.139. The normalized spacial score (nSPS) is 17.0. The van der Waals surface area contributed by atoms with E-state index in [4.69, 9.17) is 16.0 Å². The van der Waals surface area contributed by atoms with Crippen molar-refractivity contribution in [2.24, 2.45) is 15.7 Å². The number of carbonyl (C=O) groups excluding carboxylic acids is 1. The largest absolute Gasteiger partial charge is 0.390 e. The Hall–Kier alpha value is -3.40. The van der Waals surface area contributed by atoms with E-state index >= 15 is 0 Å². The number of nitriles is 1. The van der Waals surface area contributed by atoms with Gasteiger partial charge in [0.25, 0.3) is 0 Å². The number of nitrogens with zero attached hydrogens (tertiary/aromatic N) is 5. The van der Waals surface area contributed by atoms with Gasteiger partial charge in [-0.1, -0.05) is 26.8 Å². The third-order valence-electron chi connectivity index (χ3n) is 5.55. The number of aliphatic imine (C=N–C) groups is 2. The van der Waals surface area contributed by atoms with Gasteiger partial charge in [0.15, 0.2) is 5.84 Å². The van der Waals surface area contributed by atoms with Crippen LogP contribution in [0, 0.1) is 11.3 Å². The number of nitrogens with two attached hydrogens (primary N) is 1. The van der Waals surface area contributed by atoms with Crippen molar-refractivity contribution in [2.45, 2.75) is 59.4 Å². The zero-order valence-electron chi connectivity index (χ0n) is 19.6. The lowest BCUT2D eigenvalue weighted by molar-refractivity contribution is -0.130. The van der Waals surface area contributed by atoms with Crippen LogP contribution in [0.2, 0.25) is 0 Å². The molecule has 2 aliphatic rings. The summed E-state index contributed by atoms with van der Waals surface area (Å²) in [6.45, 7) is 9.22. The average molecular weight is 435 g/mol. The molecule has 0 bridgehead atoms. The molecule has 1 fully saturated rings. The molecule has 0 aromatic heterocycles. The molecule has 2 heterocycles. The molecule has 7 nitrogen and oxygen atoms in total. The molecular formula is C25H34N6O. The van der Waals surface area contributed by atoms with E-state index in [0.717, 1.165) is 55.6 Å². The highest BCUT2D eigenvalue weighted by Crippen LogP contribution is 2.26. The van der Waals surface area contributed by atoms with Crippen molar-refractivity contribution in [2.75, 3.05) is 13.1 Å². The van der Waals surface area contributed by atoms with Gasteiger partial charge < -0.3 is 15.5 Å². The van der Waals surface area contributed by atoms with E-state index in [9.17, 15) is 4.79 Å². The van der Waals surface area contributed by atoms with Crippen LogP contribution >= 0.6 is 0 Å². The highest BCUT2D eigenvalue weighted by atomic mass is 16.2. The van der Waals surface area contributed by atoms with Crippen molar-refractivity contribution in [3.05, 3.63) is 53.4 Å². The second kappa shape index (κ2) is 12.5. The zero-order chi connectivity index (χ0) is 23.5. The third-order valence-corrected chi connectivity index (χ3v) is 5.55. The molecule has 2 N–H and O–H groups in total. The van der Waals surface area contributed by atoms with Crippen LogP contribution in [0.5, 0.6) is 0 Å². The fraction of sp³-hybridized carbons (Fsp3) is 0.440. The van der Waals surface area contributed by atoms with Crippen molar-refractivity contribution in [3.8, 4) is 6.07 Å². The molecule has 1 aromatic carbocycles. The highest BCUT2D eigenvalue weighted by Gasteiger charge is 2.25. The molecule has 32 heavy (non-hydrogen) atoms. The number of amides is 1. The Morgan fingerprint density at radius 2 is 2.03 bits per heavy atom. The van der Waals surface area contributed by atoms with E-state index in [1.165, 1.54) is 6.34 Å². The van der Waals surface area contributed by atoms with E-state index in [1.54, 1.807) is 13.0 Å². The first kappa shape index (κ1) is 24.9. The first-order chi connectivity index (χ1) is 15.5. The maximum atomic E-state index is 11.6. The summed E-state index contributed by atoms with van der Waals surface area (Å²) in [4.78, 5) is 24.8. The summed E-state index contributed by atoms with van der Waals surface area (Å²) in [7, 11) is 0. The number of aryl methyl sites for hydroxylation is 1. The number of benzene rings is 1. The Kier molecular flexibility index (Phi) is 9.68. The first-order valence-corrected chi connectivity index (χ1v) is 11.3. The molecule has 7 heteroatoms. The van der Waals surface area contributed by atoms with Gasteiger partial charge >= 0.3 is 0 Å². The Bertz CT molecular complexity index is 946. The molecule has 0 aliphatic carbocycles. The fourth-order valence-corrected chi connectivity index (χ4v) is 3.85. The SMILES string of the molecule is CC.CCc1cc(C#N)ccc1N=C(N=CN)C1=CN(C2CCN(C(C)=O)CC2)C=CC1. The number of allylic oxidation sites excluding steroid dienone is 1. The second-order valence-corrected chi connectivity index (χ2v) is 7.45. The summed E-state index contributed by atoms with van der Waals surface area (Å²) in [5.74, 6) is 0.715. The lowest BCUT2D eigenvalue weighted by Crippen LogP contribution is -2.43. The summed E-state index contributed by atoms with van der Waals surface area (Å²) in [6, 6.07) is 8.01. The first-order valence-electron chi connectivity index (χ1n) is 11.3. The Morgan fingerprint density at radius 1 is 1.31 bits per heavy atom. The molecule has 0 atom stereocenters. The summed E-state index contributed by atoms with van der Waals surface area (Å²) in [5, 5.41) is 9.15. The van der Waals surface area contributed by atoms with E-state index < -0.39 is 0 Å². The van der Waals surface area contributed by atoms with Crippen LogP contribution in [-0.2, 0) is 11.2 Å². The Balaban J connectivity index is 0.00000176. The van der Waals surface area contributed by atoms with Gasteiger partial charge in [-0.05, 0) is 49.4 Å². The molecule has 0 spiro atoms. The molecule has 170 valence electrons. The number of amidine groups is 1. The topological polar surface area (TPSA) is 98.1 Å². The van der Waals surface area contributed by atoms with Crippen molar-refractivity contribution in [1.29, 1.82) is 5.26 Å².